The number of hydrogen-bond acceptors (Lipinski definition) is 9. The average Bonchev–Trinajstić information content (AvgIpc) is 2.89. The Morgan fingerprint density at radius 1 is 1.16 bits per heavy atom. The minimum Gasteiger partial charge on any atom is -0.492 e. The molecule has 1 aliphatic carbocycles. The van der Waals surface area contributed by atoms with E-state index in [1.165, 1.54) is 7.11 Å². The quantitative estimate of drug-likeness (QED) is 0.337. The predicted molar refractivity (Wildman–Crippen MR) is 149 cm³/mol. The van der Waals surface area contributed by atoms with Crippen LogP contribution < -0.4 is 9.64 Å². The topological polar surface area (TPSA) is 83.9 Å². The van der Waals surface area contributed by atoms with Crippen LogP contribution in [0.25, 0.3) is 0 Å². The molecule has 1 atom stereocenters. The van der Waals surface area contributed by atoms with Crippen LogP contribution in [0.4, 0.5) is 5.69 Å². The zero-order chi connectivity index (χ0) is 27.9. The molecule has 0 spiro atoms. The normalized spacial score (nSPS) is 21.8. The van der Waals surface area contributed by atoms with Gasteiger partial charge in [0.25, 0.3) is 0 Å². The van der Waals surface area contributed by atoms with Crippen LogP contribution in [0.2, 0.25) is 0 Å². The second-order valence-electron chi connectivity index (χ2n) is 11.4. The molecular formula is C29H49N3O6. The van der Waals surface area contributed by atoms with Crippen molar-refractivity contribution in [2.45, 2.75) is 84.4 Å². The van der Waals surface area contributed by atoms with E-state index in [1.54, 1.807) is 6.07 Å². The summed E-state index contributed by atoms with van der Waals surface area (Å²) in [6.45, 7) is 15.5. The molecule has 2 fully saturated rings. The molecule has 1 saturated heterocycles. The highest BCUT2D eigenvalue weighted by atomic mass is 16.6. The number of aliphatic hydroxyl groups excluding tert-OH is 1. The number of esters is 1. The van der Waals surface area contributed by atoms with Crippen LogP contribution in [-0.2, 0) is 14.2 Å². The van der Waals surface area contributed by atoms with Crippen molar-refractivity contribution in [3.8, 4) is 5.75 Å². The van der Waals surface area contributed by atoms with Gasteiger partial charge in [-0.3, -0.25) is 9.80 Å². The zero-order valence-electron chi connectivity index (χ0n) is 24.5. The molecule has 216 valence electrons. The van der Waals surface area contributed by atoms with E-state index in [-0.39, 0.29) is 12.0 Å². The number of nitrogens with zero attached hydrogens (tertiary/aromatic N) is 3. The van der Waals surface area contributed by atoms with Gasteiger partial charge in [-0.15, -0.1) is 0 Å². The van der Waals surface area contributed by atoms with Crippen LogP contribution in [0.15, 0.2) is 12.1 Å². The molecule has 0 aromatic heterocycles. The molecule has 0 amide bonds. The van der Waals surface area contributed by atoms with Crippen LogP contribution in [0, 0.1) is 6.92 Å². The highest BCUT2D eigenvalue weighted by Crippen LogP contribution is 2.35. The van der Waals surface area contributed by atoms with Crippen molar-refractivity contribution in [1.29, 1.82) is 0 Å². The number of anilines is 1. The lowest BCUT2D eigenvalue weighted by molar-refractivity contribution is -0.243. The largest absolute Gasteiger partial charge is 0.492 e. The van der Waals surface area contributed by atoms with Gasteiger partial charge in [0.1, 0.15) is 12.4 Å². The molecule has 1 N–H and O–H groups in total. The molecule has 9 heteroatoms. The van der Waals surface area contributed by atoms with Gasteiger partial charge >= 0.3 is 5.97 Å². The summed E-state index contributed by atoms with van der Waals surface area (Å²) >= 11 is 0. The molecule has 1 aromatic rings. The molecule has 38 heavy (non-hydrogen) atoms. The third-order valence-corrected chi connectivity index (χ3v) is 7.68. The van der Waals surface area contributed by atoms with Crippen molar-refractivity contribution in [2.24, 2.45) is 0 Å². The zero-order valence-corrected chi connectivity index (χ0v) is 24.5. The maximum atomic E-state index is 12.7. The van der Waals surface area contributed by atoms with Gasteiger partial charge in [0.15, 0.2) is 0 Å². The number of carbonyl (C=O) groups excluding carboxylic acids is 1. The lowest BCUT2D eigenvalue weighted by Crippen LogP contribution is -2.48. The fraction of sp³-hybridized carbons (Fsp3) is 0.759. The molecule has 1 saturated carbocycles. The number of morpholine rings is 1. The van der Waals surface area contributed by atoms with E-state index in [4.69, 9.17) is 18.9 Å². The van der Waals surface area contributed by atoms with E-state index >= 15 is 0 Å². The molecule has 2 aliphatic rings. The maximum Gasteiger partial charge on any atom is 0.338 e. The van der Waals surface area contributed by atoms with Gasteiger partial charge in [0.2, 0.25) is 6.41 Å². The van der Waals surface area contributed by atoms with Crippen molar-refractivity contribution >= 4 is 11.7 Å². The van der Waals surface area contributed by atoms with Gasteiger partial charge in [0, 0.05) is 50.0 Å². The van der Waals surface area contributed by atoms with E-state index in [0.717, 1.165) is 76.3 Å². The summed E-state index contributed by atoms with van der Waals surface area (Å²) in [6.07, 6.45) is 2.97. The van der Waals surface area contributed by atoms with Gasteiger partial charge in [-0.2, -0.15) is 0 Å². The van der Waals surface area contributed by atoms with Crippen LogP contribution in [0.5, 0.6) is 5.75 Å². The number of aliphatic hydroxyl groups is 1. The minimum atomic E-state index is -0.921. The van der Waals surface area contributed by atoms with E-state index in [9.17, 15) is 9.90 Å². The molecule has 0 radical (unpaired) electrons. The van der Waals surface area contributed by atoms with Crippen molar-refractivity contribution in [3.05, 3.63) is 23.3 Å². The first-order valence-electron chi connectivity index (χ1n) is 14.0. The van der Waals surface area contributed by atoms with Gasteiger partial charge < -0.3 is 29.0 Å². The molecule has 1 heterocycles. The van der Waals surface area contributed by atoms with Crippen LogP contribution in [0.1, 0.15) is 69.3 Å². The second kappa shape index (κ2) is 13.9. The Balaban J connectivity index is 1.71. The lowest BCUT2D eigenvalue weighted by Gasteiger charge is -2.42. The van der Waals surface area contributed by atoms with Gasteiger partial charge in [-0.05, 0) is 79.0 Å². The Hall–Kier alpha value is -1.91. The fourth-order valence-corrected chi connectivity index (χ4v) is 5.48. The molecule has 1 aromatic carbocycles. The average molecular weight is 536 g/mol. The summed E-state index contributed by atoms with van der Waals surface area (Å²) in [5, 5.41) is 10.6. The molecule has 0 bridgehead atoms. The number of carbonyl (C=O) groups is 1. The van der Waals surface area contributed by atoms with E-state index in [0.29, 0.717) is 24.0 Å². The third-order valence-electron chi connectivity index (χ3n) is 7.68. The summed E-state index contributed by atoms with van der Waals surface area (Å²) in [5.41, 5.74) is 2.06. The summed E-state index contributed by atoms with van der Waals surface area (Å²) in [6, 6.07) is 4.46. The van der Waals surface area contributed by atoms with Gasteiger partial charge in [0.05, 0.1) is 31.5 Å². The Morgan fingerprint density at radius 3 is 2.37 bits per heavy atom. The number of hydrogen-bond donors (Lipinski definition) is 1. The Morgan fingerprint density at radius 2 is 1.79 bits per heavy atom. The predicted octanol–water partition coefficient (Wildman–Crippen LogP) is 3.65. The molecule has 9 nitrogen and oxygen atoms in total. The highest BCUT2D eigenvalue weighted by Gasteiger charge is 2.32. The van der Waals surface area contributed by atoms with Crippen molar-refractivity contribution < 1.29 is 28.8 Å². The SMILES string of the molecule is CCN(c1cc(OCCN2CCOCC2)cc(C(=O)OC)c1C)C1CCC(N(C)C(O)OC(C)(C)C)CC1. The molecule has 1 aliphatic heterocycles. The van der Waals surface area contributed by atoms with Crippen LogP contribution in [0.3, 0.4) is 0 Å². The summed E-state index contributed by atoms with van der Waals surface area (Å²) in [5.74, 6) is 0.338. The maximum absolute atomic E-state index is 12.7. The number of rotatable bonds is 11. The Bertz CT molecular complexity index is 891. The van der Waals surface area contributed by atoms with Gasteiger partial charge in [-0.1, -0.05) is 0 Å². The number of benzene rings is 1. The first kappa shape index (κ1) is 30.6. The fourth-order valence-electron chi connectivity index (χ4n) is 5.48. The Labute approximate surface area is 229 Å². The lowest BCUT2D eigenvalue weighted by atomic mass is 9.88. The molecular weight excluding hydrogens is 486 g/mol. The van der Waals surface area contributed by atoms with Crippen molar-refractivity contribution in [3.63, 3.8) is 0 Å². The van der Waals surface area contributed by atoms with E-state index in [2.05, 4.69) is 22.8 Å². The smallest absolute Gasteiger partial charge is 0.338 e. The highest BCUT2D eigenvalue weighted by molar-refractivity contribution is 5.93. The monoisotopic (exact) mass is 535 g/mol. The summed E-state index contributed by atoms with van der Waals surface area (Å²) in [7, 11) is 3.35. The Kier molecular flexibility index (Phi) is 11.2. The molecule has 1 unspecified atom stereocenters. The number of ether oxygens (including phenoxy) is 4. The number of methoxy groups -OCH3 is 1. The summed E-state index contributed by atoms with van der Waals surface area (Å²) < 4.78 is 22.5. The van der Waals surface area contributed by atoms with Crippen molar-refractivity contribution in [1.82, 2.24) is 9.80 Å². The van der Waals surface area contributed by atoms with Crippen LogP contribution >= 0.6 is 0 Å². The summed E-state index contributed by atoms with van der Waals surface area (Å²) in [4.78, 5) is 19.3. The van der Waals surface area contributed by atoms with Crippen molar-refractivity contribution in [2.75, 3.05) is 65.1 Å². The van der Waals surface area contributed by atoms with E-state index < -0.39 is 12.0 Å². The van der Waals surface area contributed by atoms with Crippen LogP contribution in [-0.4, -0.2) is 105 Å². The van der Waals surface area contributed by atoms with Gasteiger partial charge in [-0.25, -0.2) is 4.79 Å². The van der Waals surface area contributed by atoms with E-state index in [1.807, 2.05) is 39.6 Å². The minimum absolute atomic E-state index is 0.254. The third kappa shape index (κ3) is 8.29. The molecule has 3 rings (SSSR count). The first-order valence-corrected chi connectivity index (χ1v) is 14.0. The second-order valence-corrected chi connectivity index (χ2v) is 11.4. The standard InChI is InChI=1S/C29H49N3O6/c1-8-32(23-11-9-22(10-12-23)30(6)28(34)38-29(3,4)5)26-20-24(19-25(21(26)2)27(33)35-7)37-18-15-31-13-16-36-17-14-31/h19-20,22-23,28,34H,8-18H2,1-7H3. The first-order chi connectivity index (χ1) is 18.0.